The Bertz CT molecular complexity index is 503. The van der Waals surface area contributed by atoms with E-state index in [2.05, 4.69) is 0 Å². The molecule has 0 bridgehead atoms. The fourth-order valence-corrected chi connectivity index (χ4v) is 2.10. The van der Waals surface area contributed by atoms with Crippen molar-refractivity contribution in [2.45, 2.75) is 25.8 Å². The van der Waals surface area contributed by atoms with E-state index < -0.39 is 0 Å². The number of nitrogens with two attached hydrogens (primary N) is 1. The lowest BCUT2D eigenvalue weighted by atomic mass is 10.1. The number of hydrogen-bond donors (Lipinski definition) is 1. The summed E-state index contributed by atoms with van der Waals surface area (Å²) in [6.07, 6.45) is 2.30. The third kappa shape index (κ3) is 1.43. The standard InChI is InChI=1S/C13H14FNO/c1-7-2-5-10(14)9-6-11(16-13(7)9)12(15)8-3-4-8/h2,5-6,8,12H,3-4,15H2,1H3. The maximum atomic E-state index is 13.6. The van der Waals surface area contributed by atoms with E-state index in [9.17, 15) is 4.39 Å². The van der Waals surface area contributed by atoms with Crippen LogP contribution in [0.15, 0.2) is 22.6 Å². The molecule has 2 aromatic rings. The molecule has 2 N–H and O–H groups in total. The molecule has 84 valence electrons. The van der Waals surface area contributed by atoms with Crippen LogP contribution in [0.25, 0.3) is 11.0 Å². The molecule has 1 fully saturated rings. The number of fused-ring (bicyclic) bond motifs is 1. The van der Waals surface area contributed by atoms with Crippen LogP contribution in [0, 0.1) is 18.7 Å². The quantitative estimate of drug-likeness (QED) is 0.841. The lowest BCUT2D eigenvalue weighted by Crippen LogP contribution is -2.10. The number of benzene rings is 1. The monoisotopic (exact) mass is 219 g/mol. The van der Waals surface area contributed by atoms with Crippen molar-refractivity contribution in [3.63, 3.8) is 0 Å². The summed E-state index contributed by atoms with van der Waals surface area (Å²) in [5.41, 5.74) is 7.63. The SMILES string of the molecule is Cc1ccc(F)c2cc(C(N)C3CC3)oc12. The van der Waals surface area contributed by atoms with Gasteiger partial charge in [0, 0.05) is 0 Å². The molecular formula is C13H14FNO. The molecule has 1 saturated carbocycles. The second kappa shape index (κ2) is 3.32. The van der Waals surface area contributed by atoms with E-state index in [0.29, 0.717) is 22.6 Å². The van der Waals surface area contributed by atoms with Crippen LogP contribution < -0.4 is 5.73 Å². The van der Waals surface area contributed by atoms with E-state index in [4.69, 9.17) is 10.2 Å². The molecule has 1 unspecified atom stereocenters. The molecule has 0 amide bonds. The van der Waals surface area contributed by atoms with E-state index in [0.717, 1.165) is 18.4 Å². The first-order chi connectivity index (χ1) is 7.66. The molecule has 1 heterocycles. The number of hydrogen-bond acceptors (Lipinski definition) is 2. The Kier molecular flexibility index (Phi) is 2.04. The summed E-state index contributed by atoms with van der Waals surface area (Å²) in [7, 11) is 0. The van der Waals surface area contributed by atoms with Gasteiger partial charge in [-0.25, -0.2) is 4.39 Å². The van der Waals surface area contributed by atoms with Gasteiger partial charge in [-0.15, -0.1) is 0 Å². The van der Waals surface area contributed by atoms with Gasteiger partial charge in [-0.1, -0.05) is 6.07 Å². The fraction of sp³-hybridized carbons (Fsp3) is 0.385. The number of halogens is 1. The van der Waals surface area contributed by atoms with E-state index in [-0.39, 0.29) is 11.9 Å². The van der Waals surface area contributed by atoms with Gasteiger partial charge in [-0.05, 0) is 43.4 Å². The van der Waals surface area contributed by atoms with E-state index in [1.54, 1.807) is 12.1 Å². The van der Waals surface area contributed by atoms with Gasteiger partial charge in [0.1, 0.15) is 17.2 Å². The predicted molar refractivity (Wildman–Crippen MR) is 60.6 cm³/mol. The first-order valence-electron chi connectivity index (χ1n) is 5.61. The Hall–Kier alpha value is -1.35. The summed E-state index contributed by atoms with van der Waals surface area (Å²) in [6.45, 7) is 1.91. The number of furan rings is 1. The number of rotatable bonds is 2. The summed E-state index contributed by atoms with van der Waals surface area (Å²) >= 11 is 0. The fourth-order valence-electron chi connectivity index (χ4n) is 2.10. The first kappa shape index (κ1) is 9.85. The molecule has 1 aromatic heterocycles. The van der Waals surface area contributed by atoms with Crippen LogP contribution in [0.3, 0.4) is 0 Å². The van der Waals surface area contributed by atoms with Crippen LogP contribution in [-0.2, 0) is 0 Å². The maximum absolute atomic E-state index is 13.6. The molecule has 0 radical (unpaired) electrons. The molecule has 1 aliphatic rings. The third-order valence-corrected chi connectivity index (χ3v) is 3.30. The van der Waals surface area contributed by atoms with Gasteiger partial charge in [0.15, 0.2) is 0 Å². The summed E-state index contributed by atoms with van der Waals surface area (Å²) < 4.78 is 19.2. The summed E-state index contributed by atoms with van der Waals surface area (Å²) in [5.74, 6) is 0.994. The average molecular weight is 219 g/mol. The Morgan fingerprint density at radius 3 is 2.81 bits per heavy atom. The van der Waals surface area contributed by atoms with Gasteiger partial charge in [-0.2, -0.15) is 0 Å². The molecule has 2 nitrogen and oxygen atoms in total. The van der Waals surface area contributed by atoms with Crippen LogP contribution >= 0.6 is 0 Å². The molecule has 0 aliphatic heterocycles. The molecule has 3 heteroatoms. The lowest BCUT2D eigenvalue weighted by molar-refractivity contribution is 0.466. The zero-order valence-corrected chi connectivity index (χ0v) is 9.16. The normalized spacial score (nSPS) is 17.9. The third-order valence-electron chi connectivity index (χ3n) is 3.30. The van der Waals surface area contributed by atoms with Crippen molar-refractivity contribution in [3.05, 3.63) is 35.3 Å². The molecule has 1 aliphatic carbocycles. The van der Waals surface area contributed by atoms with Crippen molar-refractivity contribution in [1.82, 2.24) is 0 Å². The average Bonchev–Trinajstić information content (AvgIpc) is 3.01. The topological polar surface area (TPSA) is 39.2 Å². The van der Waals surface area contributed by atoms with Crippen molar-refractivity contribution in [2.75, 3.05) is 0 Å². The van der Waals surface area contributed by atoms with Crippen LogP contribution in [0.1, 0.15) is 30.2 Å². The van der Waals surface area contributed by atoms with Gasteiger partial charge in [-0.3, -0.25) is 0 Å². The summed E-state index contributed by atoms with van der Waals surface area (Å²) in [4.78, 5) is 0. The van der Waals surface area contributed by atoms with Crippen molar-refractivity contribution >= 4 is 11.0 Å². The minimum absolute atomic E-state index is 0.0776. The molecule has 1 atom stereocenters. The minimum Gasteiger partial charge on any atom is -0.459 e. The Labute approximate surface area is 93.2 Å². The molecule has 0 spiro atoms. The maximum Gasteiger partial charge on any atom is 0.140 e. The van der Waals surface area contributed by atoms with Crippen molar-refractivity contribution in [3.8, 4) is 0 Å². The molecule has 16 heavy (non-hydrogen) atoms. The summed E-state index contributed by atoms with van der Waals surface area (Å²) in [5, 5.41) is 0.547. The zero-order chi connectivity index (χ0) is 11.3. The second-order valence-corrected chi connectivity index (χ2v) is 4.62. The van der Waals surface area contributed by atoms with Gasteiger partial charge >= 0.3 is 0 Å². The van der Waals surface area contributed by atoms with Crippen LogP contribution in [0.5, 0.6) is 0 Å². The summed E-state index contributed by atoms with van der Waals surface area (Å²) in [6, 6.07) is 4.87. The van der Waals surface area contributed by atoms with Gasteiger partial charge in [0.2, 0.25) is 0 Å². The molecule has 1 aromatic carbocycles. The minimum atomic E-state index is -0.237. The van der Waals surface area contributed by atoms with Gasteiger partial charge in [0.25, 0.3) is 0 Å². The molecule has 0 saturated heterocycles. The second-order valence-electron chi connectivity index (χ2n) is 4.62. The van der Waals surface area contributed by atoms with Crippen LogP contribution in [0.2, 0.25) is 0 Å². The predicted octanol–water partition coefficient (Wildman–Crippen LogP) is 3.29. The van der Waals surface area contributed by atoms with Gasteiger partial charge < -0.3 is 10.2 Å². The van der Waals surface area contributed by atoms with E-state index >= 15 is 0 Å². The highest BCUT2D eigenvalue weighted by Crippen LogP contribution is 2.41. The van der Waals surface area contributed by atoms with Crippen molar-refractivity contribution in [2.24, 2.45) is 11.7 Å². The molecule has 3 rings (SSSR count). The Morgan fingerprint density at radius 2 is 2.19 bits per heavy atom. The van der Waals surface area contributed by atoms with E-state index in [1.165, 1.54) is 6.07 Å². The highest BCUT2D eigenvalue weighted by Gasteiger charge is 2.32. The molecular weight excluding hydrogens is 205 g/mol. The first-order valence-corrected chi connectivity index (χ1v) is 5.61. The zero-order valence-electron chi connectivity index (χ0n) is 9.16. The lowest BCUT2D eigenvalue weighted by Gasteiger charge is -2.04. The highest BCUT2D eigenvalue weighted by atomic mass is 19.1. The van der Waals surface area contributed by atoms with E-state index in [1.807, 2.05) is 6.92 Å². The smallest absolute Gasteiger partial charge is 0.140 e. The Morgan fingerprint density at radius 1 is 1.44 bits per heavy atom. The van der Waals surface area contributed by atoms with Crippen molar-refractivity contribution in [1.29, 1.82) is 0 Å². The van der Waals surface area contributed by atoms with Crippen LogP contribution in [0.4, 0.5) is 4.39 Å². The highest BCUT2D eigenvalue weighted by molar-refractivity contribution is 5.81. The largest absolute Gasteiger partial charge is 0.459 e. The number of aryl methyl sites for hydroxylation is 1. The Balaban J connectivity index is 2.14. The van der Waals surface area contributed by atoms with Gasteiger partial charge in [0.05, 0.1) is 11.4 Å². The van der Waals surface area contributed by atoms with Crippen LogP contribution in [-0.4, -0.2) is 0 Å². The van der Waals surface area contributed by atoms with Crippen molar-refractivity contribution < 1.29 is 8.81 Å².